The molecule has 0 aliphatic heterocycles. The zero-order valence-corrected chi connectivity index (χ0v) is 21.5. The maximum Gasteiger partial charge on any atom is 0.239 e. The van der Waals surface area contributed by atoms with Crippen molar-refractivity contribution in [1.82, 2.24) is 24.7 Å². The molecule has 0 amide bonds. The summed E-state index contributed by atoms with van der Waals surface area (Å²) >= 11 is 7.45. The van der Waals surface area contributed by atoms with Crippen LogP contribution in [0.4, 0.5) is 5.95 Å². The Morgan fingerprint density at radius 3 is 2.37 bits per heavy atom. The lowest BCUT2D eigenvalue weighted by molar-refractivity contribution is 0.390. The second-order valence-electron chi connectivity index (χ2n) is 7.84. The van der Waals surface area contributed by atoms with E-state index in [4.69, 9.17) is 25.5 Å². The van der Waals surface area contributed by atoms with Gasteiger partial charge < -0.3 is 13.9 Å². The Bertz CT molecular complexity index is 1210. The Hall–Kier alpha value is -3.24. The zero-order chi connectivity index (χ0) is 24.8. The Kier molecular flexibility index (Phi) is 8.14. The number of nitrogens with zero attached hydrogens (tertiary/aromatic N) is 5. The predicted molar refractivity (Wildman–Crippen MR) is 137 cm³/mol. The molecule has 11 heteroatoms. The van der Waals surface area contributed by atoms with Crippen LogP contribution in [0.25, 0.3) is 5.69 Å². The largest absolute Gasteiger partial charge is 0.494 e. The molecule has 4 rings (SSSR count). The summed E-state index contributed by atoms with van der Waals surface area (Å²) in [4.78, 5) is 8.72. The zero-order valence-electron chi connectivity index (χ0n) is 19.9. The smallest absolute Gasteiger partial charge is 0.239 e. The van der Waals surface area contributed by atoms with Gasteiger partial charge in [-0.1, -0.05) is 31.5 Å². The summed E-state index contributed by atoms with van der Waals surface area (Å²) in [7, 11) is 3.26. The van der Waals surface area contributed by atoms with E-state index in [0.717, 1.165) is 23.1 Å². The maximum atomic E-state index is 5.94. The second-order valence-corrected chi connectivity index (χ2v) is 9.46. The highest BCUT2D eigenvalue weighted by atomic mass is 35.5. The second kappa shape index (κ2) is 11.5. The molecule has 0 bridgehead atoms. The SMILES string of the molecule is COc1cccc(OC)c1-n1c(CCc2ccco2)nnc1NSC(C)C(C)c1ncc(Cl)cn1. The molecule has 0 saturated heterocycles. The van der Waals surface area contributed by atoms with Gasteiger partial charge in [0, 0.05) is 36.4 Å². The van der Waals surface area contributed by atoms with Crippen LogP contribution in [-0.4, -0.2) is 44.2 Å². The van der Waals surface area contributed by atoms with Crippen LogP contribution in [0.2, 0.25) is 5.02 Å². The minimum atomic E-state index is 0.0698. The first-order valence-corrected chi connectivity index (χ1v) is 12.3. The van der Waals surface area contributed by atoms with Gasteiger partial charge in [0.2, 0.25) is 5.95 Å². The average molecular weight is 515 g/mol. The molecule has 0 saturated carbocycles. The molecule has 3 heterocycles. The fourth-order valence-electron chi connectivity index (χ4n) is 3.54. The summed E-state index contributed by atoms with van der Waals surface area (Å²) in [5, 5.41) is 9.56. The molecule has 4 aromatic rings. The van der Waals surface area contributed by atoms with E-state index >= 15 is 0 Å². The number of aryl methyl sites for hydroxylation is 2. The fraction of sp³-hybridized carbons (Fsp3) is 0.333. The Morgan fingerprint density at radius 1 is 1.03 bits per heavy atom. The molecular formula is C24H27ClN6O3S. The molecule has 9 nitrogen and oxygen atoms in total. The topological polar surface area (TPSA) is 100 Å². The number of anilines is 1. The average Bonchev–Trinajstić information content (AvgIpc) is 3.55. The van der Waals surface area contributed by atoms with Gasteiger partial charge in [-0.15, -0.1) is 10.2 Å². The molecule has 184 valence electrons. The third-order valence-electron chi connectivity index (χ3n) is 5.62. The van der Waals surface area contributed by atoms with Crippen molar-refractivity contribution in [1.29, 1.82) is 0 Å². The van der Waals surface area contributed by atoms with Gasteiger partial charge in [-0.3, -0.25) is 9.29 Å². The van der Waals surface area contributed by atoms with Gasteiger partial charge in [-0.2, -0.15) is 0 Å². The van der Waals surface area contributed by atoms with Crippen LogP contribution in [0.1, 0.15) is 37.2 Å². The van der Waals surface area contributed by atoms with Crippen molar-refractivity contribution in [3.05, 3.63) is 71.4 Å². The maximum absolute atomic E-state index is 5.94. The number of rotatable bonds is 11. The van der Waals surface area contributed by atoms with Gasteiger partial charge >= 0.3 is 0 Å². The number of methoxy groups -OCH3 is 2. The molecule has 0 fully saturated rings. The Labute approximate surface area is 213 Å². The van der Waals surface area contributed by atoms with Gasteiger partial charge in [0.1, 0.15) is 34.6 Å². The standard InChI is InChI=1S/C24H27ClN6O3S/c1-15(23-26-13-17(25)14-27-23)16(2)35-30-24-29-28-21(11-10-18-7-6-12-34-18)31(24)22-19(32-3)8-5-9-20(22)33-4/h5-9,12-16H,10-11H2,1-4H3,(H,29,30). The van der Waals surface area contributed by atoms with Gasteiger partial charge in [0.15, 0.2) is 0 Å². The highest BCUT2D eigenvalue weighted by molar-refractivity contribution is 8.01. The van der Waals surface area contributed by atoms with Crippen molar-refractivity contribution in [2.45, 2.75) is 37.9 Å². The summed E-state index contributed by atoms with van der Waals surface area (Å²) in [5.41, 5.74) is 0.724. The number of halogens is 1. The molecule has 0 aliphatic carbocycles. The molecule has 35 heavy (non-hydrogen) atoms. The third-order valence-corrected chi connectivity index (χ3v) is 6.89. The number of aromatic nitrogens is 5. The fourth-order valence-corrected chi connectivity index (χ4v) is 4.38. The van der Waals surface area contributed by atoms with E-state index in [1.165, 1.54) is 11.9 Å². The molecule has 2 atom stereocenters. The molecule has 0 aliphatic rings. The van der Waals surface area contributed by atoms with E-state index in [1.54, 1.807) is 32.9 Å². The summed E-state index contributed by atoms with van der Waals surface area (Å²) in [5.74, 6) is 4.27. The van der Waals surface area contributed by atoms with Crippen LogP contribution >= 0.6 is 23.5 Å². The third kappa shape index (κ3) is 5.71. The summed E-state index contributed by atoms with van der Waals surface area (Å²) in [6.07, 6.45) is 6.18. The van der Waals surface area contributed by atoms with Gasteiger partial charge in [-0.25, -0.2) is 9.97 Å². The van der Waals surface area contributed by atoms with E-state index in [2.05, 4.69) is 38.7 Å². The van der Waals surface area contributed by atoms with Crippen molar-refractivity contribution >= 4 is 29.5 Å². The lowest BCUT2D eigenvalue weighted by atomic mass is 10.1. The van der Waals surface area contributed by atoms with Crippen LogP contribution in [0.3, 0.4) is 0 Å². The minimum Gasteiger partial charge on any atom is -0.494 e. The Balaban J connectivity index is 1.62. The van der Waals surface area contributed by atoms with Crippen molar-refractivity contribution < 1.29 is 13.9 Å². The lowest BCUT2D eigenvalue weighted by Gasteiger charge is -2.20. The van der Waals surface area contributed by atoms with Crippen molar-refractivity contribution in [2.24, 2.45) is 0 Å². The molecule has 2 unspecified atom stereocenters. The van der Waals surface area contributed by atoms with Gasteiger partial charge in [-0.05, 0) is 36.2 Å². The van der Waals surface area contributed by atoms with Crippen LogP contribution in [-0.2, 0) is 12.8 Å². The number of hydrogen-bond acceptors (Lipinski definition) is 9. The molecule has 1 aromatic carbocycles. The first-order valence-electron chi connectivity index (χ1n) is 11.1. The Morgan fingerprint density at radius 2 is 1.74 bits per heavy atom. The summed E-state index contributed by atoms with van der Waals surface area (Å²) < 4.78 is 22.2. The minimum absolute atomic E-state index is 0.0698. The number of nitrogens with one attached hydrogen (secondary N) is 1. The van der Waals surface area contributed by atoms with Gasteiger partial charge in [0.25, 0.3) is 0 Å². The van der Waals surface area contributed by atoms with E-state index in [0.29, 0.717) is 35.3 Å². The number of hydrogen-bond donors (Lipinski definition) is 1. The van der Waals surface area contributed by atoms with E-state index in [9.17, 15) is 0 Å². The highest BCUT2D eigenvalue weighted by Gasteiger charge is 2.23. The molecule has 3 aromatic heterocycles. The number of benzene rings is 1. The van der Waals surface area contributed by atoms with Crippen LogP contribution < -0.4 is 14.2 Å². The summed E-state index contributed by atoms with van der Waals surface area (Å²) in [6.45, 7) is 4.17. The number of para-hydroxylation sites is 1. The first kappa shape index (κ1) is 24.9. The van der Waals surface area contributed by atoms with Crippen LogP contribution in [0, 0.1) is 0 Å². The first-order chi connectivity index (χ1) is 17.0. The van der Waals surface area contributed by atoms with E-state index in [1.807, 2.05) is 34.9 Å². The van der Waals surface area contributed by atoms with Crippen molar-refractivity contribution in [3.8, 4) is 17.2 Å². The van der Waals surface area contributed by atoms with Crippen LogP contribution in [0.5, 0.6) is 11.5 Å². The lowest BCUT2D eigenvalue weighted by Crippen LogP contribution is -2.15. The van der Waals surface area contributed by atoms with Crippen molar-refractivity contribution in [2.75, 3.05) is 18.9 Å². The van der Waals surface area contributed by atoms with Crippen LogP contribution in [0.15, 0.2) is 53.4 Å². The molecule has 1 N–H and O–H groups in total. The molecule has 0 radical (unpaired) electrons. The highest BCUT2D eigenvalue weighted by Crippen LogP contribution is 2.36. The van der Waals surface area contributed by atoms with E-state index in [-0.39, 0.29) is 11.2 Å². The summed E-state index contributed by atoms with van der Waals surface area (Å²) in [6, 6.07) is 9.47. The number of furan rings is 1. The van der Waals surface area contributed by atoms with Gasteiger partial charge in [0.05, 0.1) is 25.5 Å². The quantitative estimate of drug-likeness (QED) is 0.265. The van der Waals surface area contributed by atoms with Crippen molar-refractivity contribution in [3.63, 3.8) is 0 Å². The molecule has 0 spiro atoms. The van der Waals surface area contributed by atoms with E-state index < -0.39 is 0 Å². The molecular weight excluding hydrogens is 488 g/mol. The number of ether oxygens (including phenoxy) is 2. The monoisotopic (exact) mass is 514 g/mol. The normalized spacial score (nSPS) is 12.8. The predicted octanol–water partition coefficient (Wildman–Crippen LogP) is 5.36.